The van der Waals surface area contributed by atoms with Crippen LogP contribution in [0.15, 0.2) is 67.0 Å². The van der Waals surface area contributed by atoms with Crippen LogP contribution in [0.2, 0.25) is 0 Å². The molecule has 3 aromatic rings. The van der Waals surface area contributed by atoms with Crippen LogP contribution in [0.3, 0.4) is 0 Å². The van der Waals surface area contributed by atoms with E-state index in [0.29, 0.717) is 18.2 Å². The lowest BCUT2D eigenvalue weighted by Crippen LogP contribution is -2.35. The van der Waals surface area contributed by atoms with E-state index in [9.17, 15) is 4.79 Å². The first-order valence-corrected chi connectivity index (χ1v) is 10.8. The largest absolute Gasteiger partial charge is 0.355 e. The summed E-state index contributed by atoms with van der Waals surface area (Å²) in [5.74, 6) is 1.51. The third-order valence-corrected chi connectivity index (χ3v) is 6.30. The highest BCUT2D eigenvalue weighted by atomic mass is 16.2. The molecule has 0 radical (unpaired) electrons. The predicted molar refractivity (Wildman–Crippen MR) is 119 cm³/mol. The van der Waals surface area contributed by atoms with Gasteiger partial charge < -0.3 is 9.80 Å². The minimum absolute atomic E-state index is 0.0689. The normalized spacial score (nSPS) is 16.5. The van der Waals surface area contributed by atoms with Crippen LogP contribution in [-0.2, 0) is 12.8 Å². The van der Waals surface area contributed by atoms with E-state index in [-0.39, 0.29) is 5.91 Å². The van der Waals surface area contributed by atoms with E-state index in [1.165, 1.54) is 11.1 Å². The van der Waals surface area contributed by atoms with E-state index in [0.717, 1.165) is 50.3 Å². The van der Waals surface area contributed by atoms with Crippen LogP contribution in [-0.4, -0.2) is 35.5 Å². The fourth-order valence-electron chi connectivity index (χ4n) is 4.60. The second kappa shape index (κ2) is 8.27. The maximum absolute atomic E-state index is 12.9. The van der Waals surface area contributed by atoms with E-state index in [4.69, 9.17) is 0 Å². The molecule has 0 bridgehead atoms. The predicted octanol–water partition coefficient (Wildman–Crippen LogP) is 4.14. The fourth-order valence-corrected chi connectivity index (χ4v) is 4.60. The number of hydrogen-bond donors (Lipinski definition) is 0. The first-order chi connectivity index (χ1) is 14.8. The number of benzene rings is 2. The number of amides is 1. The van der Waals surface area contributed by atoms with Crippen molar-refractivity contribution < 1.29 is 4.79 Å². The second-order valence-electron chi connectivity index (χ2n) is 8.22. The van der Waals surface area contributed by atoms with E-state index >= 15 is 0 Å². The first-order valence-electron chi connectivity index (χ1n) is 10.8. The summed E-state index contributed by atoms with van der Waals surface area (Å²) < 4.78 is 0. The number of anilines is 2. The van der Waals surface area contributed by atoms with Crippen molar-refractivity contribution in [3.05, 3.63) is 83.8 Å². The van der Waals surface area contributed by atoms with Gasteiger partial charge in [-0.1, -0.05) is 48.5 Å². The summed E-state index contributed by atoms with van der Waals surface area (Å²) in [5.41, 5.74) is 4.04. The third-order valence-electron chi connectivity index (χ3n) is 6.30. The van der Waals surface area contributed by atoms with Gasteiger partial charge in [-0.2, -0.15) is 0 Å². The molecular weight excluding hydrogens is 372 g/mol. The molecule has 5 nitrogen and oxygen atoms in total. The maximum Gasteiger partial charge on any atom is 0.278 e. The topological polar surface area (TPSA) is 49.3 Å². The zero-order chi connectivity index (χ0) is 20.3. The van der Waals surface area contributed by atoms with Crippen molar-refractivity contribution in [1.82, 2.24) is 9.97 Å². The number of carbonyl (C=O) groups is 1. The molecule has 5 rings (SSSR count). The van der Waals surface area contributed by atoms with Gasteiger partial charge >= 0.3 is 0 Å². The molecule has 1 aromatic heterocycles. The van der Waals surface area contributed by atoms with Crippen LogP contribution in [0.5, 0.6) is 0 Å². The second-order valence-corrected chi connectivity index (χ2v) is 8.22. The molecule has 3 heterocycles. The van der Waals surface area contributed by atoms with Crippen LogP contribution in [0.25, 0.3) is 0 Å². The monoisotopic (exact) mass is 398 g/mol. The number of nitrogens with zero attached hydrogens (tertiary/aromatic N) is 4. The number of fused-ring (bicyclic) bond motifs is 1. The molecule has 0 N–H and O–H groups in total. The van der Waals surface area contributed by atoms with Crippen LogP contribution >= 0.6 is 0 Å². The van der Waals surface area contributed by atoms with Crippen molar-refractivity contribution in [2.75, 3.05) is 29.4 Å². The molecule has 0 atom stereocenters. The molecule has 5 heteroatoms. The van der Waals surface area contributed by atoms with Gasteiger partial charge in [0, 0.05) is 25.3 Å². The molecule has 0 aliphatic carbocycles. The van der Waals surface area contributed by atoms with E-state index in [2.05, 4.69) is 51.3 Å². The molecule has 0 spiro atoms. The summed E-state index contributed by atoms with van der Waals surface area (Å²) in [5, 5.41) is 0. The zero-order valence-electron chi connectivity index (χ0n) is 17.1. The summed E-state index contributed by atoms with van der Waals surface area (Å²) in [6.45, 7) is 2.68. The molecule has 152 valence electrons. The van der Waals surface area contributed by atoms with Crippen molar-refractivity contribution in [1.29, 1.82) is 0 Å². The molecule has 1 saturated heterocycles. The summed E-state index contributed by atoms with van der Waals surface area (Å²) >= 11 is 0. The molecule has 1 fully saturated rings. The van der Waals surface area contributed by atoms with Crippen molar-refractivity contribution in [2.45, 2.75) is 25.7 Å². The Bertz CT molecular complexity index is 1010. The SMILES string of the molecule is O=C(c1cnc(N2CCC(Cc3ccccc3)CC2)cn1)N1CCc2ccccc21. The number of hydrogen-bond acceptors (Lipinski definition) is 4. The highest BCUT2D eigenvalue weighted by molar-refractivity contribution is 6.05. The first kappa shape index (κ1) is 18.8. The van der Waals surface area contributed by atoms with Gasteiger partial charge in [-0.3, -0.25) is 4.79 Å². The zero-order valence-corrected chi connectivity index (χ0v) is 17.1. The van der Waals surface area contributed by atoms with Gasteiger partial charge in [0.2, 0.25) is 0 Å². The lowest BCUT2D eigenvalue weighted by Gasteiger charge is -2.32. The van der Waals surface area contributed by atoms with Crippen LogP contribution in [0.1, 0.15) is 34.5 Å². The van der Waals surface area contributed by atoms with Gasteiger partial charge in [0.15, 0.2) is 0 Å². The molecular formula is C25H26N4O. The molecule has 0 unspecified atom stereocenters. The molecule has 1 amide bonds. The van der Waals surface area contributed by atoms with E-state index in [1.807, 2.05) is 23.1 Å². The van der Waals surface area contributed by atoms with Crippen LogP contribution < -0.4 is 9.80 Å². The van der Waals surface area contributed by atoms with Gasteiger partial charge in [-0.05, 0) is 48.8 Å². The fraction of sp³-hybridized carbons (Fsp3) is 0.320. The summed E-state index contributed by atoms with van der Waals surface area (Å²) in [4.78, 5) is 26.1. The lowest BCUT2D eigenvalue weighted by atomic mass is 9.90. The maximum atomic E-state index is 12.9. The Balaban J connectivity index is 1.20. The number of para-hydroxylation sites is 1. The number of aromatic nitrogens is 2. The van der Waals surface area contributed by atoms with Crippen molar-refractivity contribution in [2.24, 2.45) is 5.92 Å². The highest BCUT2D eigenvalue weighted by Crippen LogP contribution is 2.29. The number of carbonyl (C=O) groups excluding carboxylic acids is 1. The van der Waals surface area contributed by atoms with E-state index in [1.54, 1.807) is 12.4 Å². The summed E-state index contributed by atoms with van der Waals surface area (Å²) in [6, 6.07) is 18.8. The Hall–Kier alpha value is -3.21. The molecule has 2 aliphatic heterocycles. The van der Waals surface area contributed by atoms with Crippen LogP contribution in [0.4, 0.5) is 11.5 Å². The standard InChI is InChI=1S/C25H26N4O/c30-25(29-15-12-21-8-4-5-9-23(21)29)22-17-27-24(18-26-22)28-13-10-20(11-14-28)16-19-6-2-1-3-7-19/h1-9,17-18,20H,10-16H2. The number of piperidine rings is 1. The summed E-state index contributed by atoms with van der Waals surface area (Å²) in [7, 11) is 0. The Morgan fingerprint density at radius 2 is 1.67 bits per heavy atom. The van der Waals surface area contributed by atoms with Gasteiger partial charge in [-0.15, -0.1) is 0 Å². The van der Waals surface area contributed by atoms with Crippen LogP contribution in [0, 0.1) is 5.92 Å². The quantitative estimate of drug-likeness (QED) is 0.663. The Kier molecular flexibility index (Phi) is 5.18. The van der Waals surface area contributed by atoms with Gasteiger partial charge in [-0.25, -0.2) is 9.97 Å². The van der Waals surface area contributed by atoms with E-state index < -0.39 is 0 Å². The minimum atomic E-state index is -0.0689. The Labute approximate surface area is 177 Å². The smallest absolute Gasteiger partial charge is 0.278 e. The van der Waals surface area contributed by atoms with Gasteiger partial charge in [0.25, 0.3) is 5.91 Å². The average Bonchev–Trinajstić information content (AvgIpc) is 3.24. The minimum Gasteiger partial charge on any atom is -0.355 e. The van der Waals surface area contributed by atoms with Gasteiger partial charge in [0.1, 0.15) is 11.5 Å². The van der Waals surface area contributed by atoms with Crippen molar-refractivity contribution in [3.8, 4) is 0 Å². The van der Waals surface area contributed by atoms with Crippen molar-refractivity contribution >= 4 is 17.4 Å². The third kappa shape index (κ3) is 3.80. The molecule has 30 heavy (non-hydrogen) atoms. The number of rotatable bonds is 4. The Morgan fingerprint density at radius 1 is 0.900 bits per heavy atom. The van der Waals surface area contributed by atoms with Gasteiger partial charge in [0.05, 0.1) is 12.4 Å². The molecule has 2 aliphatic rings. The average molecular weight is 399 g/mol. The Morgan fingerprint density at radius 3 is 2.43 bits per heavy atom. The molecule has 0 saturated carbocycles. The lowest BCUT2D eigenvalue weighted by molar-refractivity contribution is 0.0984. The highest BCUT2D eigenvalue weighted by Gasteiger charge is 2.27. The summed E-state index contributed by atoms with van der Waals surface area (Å²) in [6.07, 6.45) is 7.74. The van der Waals surface area contributed by atoms with Crippen molar-refractivity contribution in [3.63, 3.8) is 0 Å². The molecule has 2 aromatic carbocycles.